The average Bonchev–Trinajstić information content (AvgIpc) is 3.31. The molecule has 1 aliphatic carbocycles. The molecule has 110 valence electrons. The summed E-state index contributed by atoms with van der Waals surface area (Å²) in [5, 5.41) is 0. The van der Waals surface area contributed by atoms with Crippen molar-refractivity contribution in [1.82, 2.24) is 9.29 Å². The number of aromatic nitrogens is 1. The standard InChI is InChI=1S/C15H17N3O2S/c16-13-1-5-15(6-2-13)21(19,20)18(14-3-4-14)11-12-7-9-17-10-8-12/h1-2,5-10,14H,3-4,11,16H2. The number of benzene rings is 1. The molecule has 1 fully saturated rings. The van der Waals surface area contributed by atoms with Crippen molar-refractivity contribution in [2.75, 3.05) is 5.73 Å². The molecule has 0 atom stereocenters. The lowest BCUT2D eigenvalue weighted by Gasteiger charge is -2.22. The maximum Gasteiger partial charge on any atom is 0.243 e. The van der Waals surface area contributed by atoms with Gasteiger partial charge in [0.15, 0.2) is 0 Å². The number of sulfonamides is 1. The van der Waals surface area contributed by atoms with E-state index in [1.54, 1.807) is 41.0 Å². The van der Waals surface area contributed by atoms with Gasteiger partial charge in [-0.05, 0) is 54.8 Å². The second kappa shape index (κ2) is 5.46. The number of nitrogen functional groups attached to an aromatic ring is 1. The Balaban J connectivity index is 1.91. The van der Waals surface area contributed by atoms with Gasteiger partial charge < -0.3 is 5.73 Å². The Morgan fingerprint density at radius 1 is 1.10 bits per heavy atom. The minimum Gasteiger partial charge on any atom is -0.399 e. The molecule has 6 heteroatoms. The van der Waals surface area contributed by atoms with Crippen molar-refractivity contribution in [3.05, 3.63) is 54.4 Å². The Labute approximate surface area is 124 Å². The van der Waals surface area contributed by atoms with Crippen molar-refractivity contribution in [2.24, 2.45) is 0 Å². The van der Waals surface area contributed by atoms with Gasteiger partial charge in [0.05, 0.1) is 4.90 Å². The van der Waals surface area contributed by atoms with Gasteiger partial charge >= 0.3 is 0 Å². The first-order chi connectivity index (χ1) is 10.1. The quantitative estimate of drug-likeness (QED) is 0.857. The predicted molar refractivity (Wildman–Crippen MR) is 80.8 cm³/mol. The highest BCUT2D eigenvalue weighted by molar-refractivity contribution is 7.89. The van der Waals surface area contributed by atoms with Crippen molar-refractivity contribution in [1.29, 1.82) is 0 Å². The van der Waals surface area contributed by atoms with Crippen LogP contribution in [0.5, 0.6) is 0 Å². The molecule has 1 aliphatic rings. The normalized spacial score (nSPS) is 15.3. The molecule has 0 spiro atoms. The molecular weight excluding hydrogens is 286 g/mol. The smallest absolute Gasteiger partial charge is 0.243 e. The van der Waals surface area contributed by atoms with Crippen LogP contribution in [0.25, 0.3) is 0 Å². The van der Waals surface area contributed by atoms with Gasteiger partial charge in [-0.15, -0.1) is 0 Å². The summed E-state index contributed by atoms with van der Waals surface area (Å²) in [6.45, 7) is 0.375. The molecular formula is C15H17N3O2S. The summed E-state index contributed by atoms with van der Waals surface area (Å²) in [5.41, 5.74) is 7.12. The Morgan fingerprint density at radius 3 is 2.29 bits per heavy atom. The summed E-state index contributed by atoms with van der Waals surface area (Å²) in [4.78, 5) is 4.25. The lowest BCUT2D eigenvalue weighted by atomic mass is 10.3. The lowest BCUT2D eigenvalue weighted by molar-refractivity contribution is 0.398. The zero-order chi connectivity index (χ0) is 14.9. The summed E-state index contributed by atoms with van der Waals surface area (Å²) in [5.74, 6) is 0. The number of hydrogen-bond donors (Lipinski definition) is 1. The number of hydrogen-bond acceptors (Lipinski definition) is 4. The second-order valence-corrected chi connectivity index (χ2v) is 7.10. The van der Waals surface area contributed by atoms with E-state index in [1.807, 2.05) is 12.1 Å². The monoisotopic (exact) mass is 303 g/mol. The van der Waals surface area contributed by atoms with Gasteiger partial charge in [0.2, 0.25) is 10.0 Å². The van der Waals surface area contributed by atoms with Crippen LogP contribution in [0.2, 0.25) is 0 Å². The molecule has 1 heterocycles. The van der Waals surface area contributed by atoms with Crippen LogP contribution in [0.15, 0.2) is 53.7 Å². The van der Waals surface area contributed by atoms with Crippen LogP contribution in [-0.4, -0.2) is 23.7 Å². The number of anilines is 1. The van der Waals surface area contributed by atoms with Crippen LogP contribution in [0.1, 0.15) is 18.4 Å². The third-order valence-electron chi connectivity index (χ3n) is 3.53. The number of nitrogens with zero attached hydrogens (tertiary/aromatic N) is 2. The highest BCUT2D eigenvalue weighted by Gasteiger charge is 2.37. The summed E-state index contributed by atoms with van der Waals surface area (Å²) in [6, 6.07) is 10.1. The minimum absolute atomic E-state index is 0.0979. The highest BCUT2D eigenvalue weighted by Crippen LogP contribution is 2.33. The molecule has 0 unspecified atom stereocenters. The van der Waals surface area contributed by atoms with E-state index in [2.05, 4.69) is 4.98 Å². The molecule has 2 aromatic rings. The topological polar surface area (TPSA) is 76.3 Å². The zero-order valence-electron chi connectivity index (χ0n) is 11.5. The molecule has 21 heavy (non-hydrogen) atoms. The third kappa shape index (κ3) is 3.06. The zero-order valence-corrected chi connectivity index (χ0v) is 12.3. The Morgan fingerprint density at radius 2 is 1.71 bits per heavy atom. The van der Waals surface area contributed by atoms with Gasteiger partial charge in [0.1, 0.15) is 0 Å². The van der Waals surface area contributed by atoms with E-state index in [1.165, 1.54) is 0 Å². The van der Waals surface area contributed by atoms with E-state index in [4.69, 9.17) is 5.73 Å². The molecule has 0 amide bonds. The Hall–Kier alpha value is -1.92. The molecule has 1 saturated carbocycles. The van der Waals surface area contributed by atoms with Crippen molar-refractivity contribution in [3.63, 3.8) is 0 Å². The fourth-order valence-electron chi connectivity index (χ4n) is 2.22. The summed E-state index contributed by atoms with van der Waals surface area (Å²) < 4.78 is 27.2. The van der Waals surface area contributed by atoms with Crippen LogP contribution >= 0.6 is 0 Å². The van der Waals surface area contributed by atoms with Crippen LogP contribution in [0, 0.1) is 0 Å². The highest BCUT2D eigenvalue weighted by atomic mass is 32.2. The molecule has 2 N–H and O–H groups in total. The van der Waals surface area contributed by atoms with Gasteiger partial charge in [0.25, 0.3) is 0 Å². The Kier molecular flexibility index (Phi) is 3.65. The van der Waals surface area contributed by atoms with E-state index in [9.17, 15) is 8.42 Å². The van der Waals surface area contributed by atoms with E-state index >= 15 is 0 Å². The largest absolute Gasteiger partial charge is 0.399 e. The fourth-order valence-corrected chi connectivity index (χ4v) is 3.89. The minimum atomic E-state index is -3.50. The van der Waals surface area contributed by atoms with E-state index in [0.29, 0.717) is 12.2 Å². The Bertz CT molecular complexity index is 710. The van der Waals surface area contributed by atoms with Gasteiger partial charge in [-0.2, -0.15) is 4.31 Å². The predicted octanol–water partition coefficient (Wildman–Crippen LogP) is 2.02. The molecule has 1 aromatic carbocycles. The van der Waals surface area contributed by atoms with E-state index < -0.39 is 10.0 Å². The van der Waals surface area contributed by atoms with Crippen LogP contribution in [0.3, 0.4) is 0 Å². The van der Waals surface area contributed by atoms with Gasteiger partial charge in [-0.25, -0.2) is 8.42 Å². The fraction of sp³-hybridized carbons (Fsp3) is 0.267. The molecule has 3 rings (SSSR count). The van der Waals surface area contributed by atoms with E-state index in [-0.39, 0.29) is 10.9 Å². The first kappa shape index (κ1) is 14.0. The summed E-state index contributed by atoms with van der Waals surface area (Å²) >= 11 is 0. The van der Waals surface area contributed by atoms with Crippen molar-refractivity contribution < 1.29 is 8.42 Å². The summed E-state index contributed by atoms with van der Waals surface area (Å²) in [6.07, 6.45) is 5.19. The molecule has 0 radical (unpaired) electrons. The molecule has 0 aliphatic heterocycles. The number of rotatable bonds is 5. The van der Waals surface area contributed by atoms with Gasteiger partial charge in [-0.1, -0.05) is 0 Å². The van der Waals surface area contributed by atoms with Gasteiger partial charge in [0, 0.05) is 30.7 Å². The third-order valence-corrected chi connectivity index (χ3v) is 5.44. The van der Waals surface area contributed by atoms with Crippen molar-refractivity contribution >= 4 is 15.7 Å². The average molecular weight is 303 g/mol. The molecule has 5 nitrogen and oxygen atoms in total. The van der Waals surface area contributed by atoms with Crippen LogP contribution in [0.4, 0.5) is 5.69 Å². The molecule has 0 bridgehead atoms. The number of pyridine rings is 1. The second-order valence-electron chi connectivity index (χ2n) is 5.21. The first-order valence-electron chi connectivity index (χ1n) is 6.83. The first-order valence-corrected chi connectivity index (χ1v) is 8.28. The SMILES string of the molecule is Nc1ccc(S(=O)(=O)N(Cc2ccncc2)C2CC2)cc1. The lowest BCUT2D eigenvalue weighted by Crippen LogP contribution is -2.32. The van der Waals surface area contributed by atoms with Crippen LogP contribution in [-0.2, 0) is 16.6 Å². The van der Waals surface area contributed by atoms with Crippen LogP contribution < -0.4 is 5.73 Å². The maximum absolute atomic E-state index is 12.8. The van der Waals surface area contributed by atoms with Crippen molar-refractivity contribution in [3.8, 4) is 0 Å². The van der Waals surface area contributed by atoms with E-state index in [0.717, 1.165) is 18.4 Å². The van der Waals surface area contributed by atoms with Gasteiger partial charge in [-0.3, -0.25) is 4.98 Å². The van der Waals surface area contributed by atoms with Crippen molar-refractivity contribution in [2.45, 2.75) is 30.3 Å². The maximum atomic E-state index is 12.8. The summed E-state index contributed by atoms with van der Waals surface area (Å²) in [7, 11) is -3.50. The molecule has 1 aromatic heterocycles. The number of nitrogens with two attached hydrogens (primary N) is 1. The molecule has 0 saturated heterocycles.